The second kappa shape index (κ2) is 8.61. The lowest BCUT2D eigenvalue weighted by molar-refractivity contribution is -0.384. The minimum Gasteiger partial charge on any atom is -0.497 e. The van der Waals surface area contributed by atoms with E-state index in [1.807, 2.05) is 0 Å². The number of amides is 1. The average molecular weight is 358 g/mol. The first-order valence-corrected chi connectivity index (χ1v) is 7.70. The van der Waals surface area contributed by atoms with Crippen molar-refractivity contribution in [1.29, 1.82) is 0 Å². The number of ether oxygens (including phenoxy) is 2. The zero-order chi connectivity index (χ0) is 19.1. The summed E-state index contributed by atoms with van der Waals surface area (Å²) in [5.74, 6) is -0.602. The van der Waals surface area contributed by atoms with E-state index in [4.69, 9.17) is 9.47 Å². The van der Waals surface area contributed by atoms with Crippen molar-refractivity contribution in [3.8, 4) is 5.75 Å². The summed E-state index contributed by atoms with van der Waals surface area (Å²) in [6.45, 7) is 0. The van der Waals surface area contributed by atoms with Crippen molar-refractivity contribution < 1.29 is 24.0 Å². The predicted octanol–water partition coefficient (Wildman–Crippen LogP) is 2.12. The molecule has 136 valence electrons. The molecule has 2 rings (SSSR count). The molecule has 0 aliphatic carbocycles. The van der Waals surface area contributed by atoms with Gasteiger partial charge in [-0.3, -0.25) is 14.9 Å². The molecule has 0 aliphatic rings. The van der Waals surface area contributed by atoms with Crippen molar-refractivity contribution in [3.05, 3.63) is 69.8 Å². The lowest BCUT2D eigenvalue weighted by Gasteiger charge is -2.17. The third kappa shape index (κ3) is 4.79. The second-order valence-corrected chi connectivity index (χ2v) is 5.41. The predicted molar refractivity (Wildman–Crippen MR) is 93.1 cm³/mol. The number of nitrogens with zero attached hydrogens (tertiary/aromatic N) is 1. The van der Waals surface area contributed by atoms with Gasteiger partial charge in [-0.15, -0.1) is 0 Å². The maximum Gasteiger partial charge on any atom is 0.328 e. The van der Waals surface area contributed by atoms with Crippen molar-refractivity contribution in [2.45, 2.75) is 12.5 Å². The van der Waals surface area contributed by atoms with E-state index in [0.717, 1.165) is 11.6 Å². The SMILES string of the molecule is COC(=O)[C@@H](Cc1cccc(OC)c1)NC(=O)c1cccc([N+](=O)[O-])c1. The number of rotatable bonds is 7. The molecule has 26 heavy (non-hydrogen) atoms. The first-order valence-electron chi connectivity index (χ1n) is 7.70. The van der Waals surface area contributed by atoms with Gasteiger partial charge in [0.2, 0.25) is 0 Å². The van der Waals surface area contributed by atoms with E-state index in [0.29, 0.717) is 5.75 Å². The van der Waals surface area contributed by atoms with Crippen LogP contribution < -0.4 is 10.1 Å². The Bertz CT molecular complexity index is 821. The molecule has 1 N–H and O–H groups in total. The fraction of sp³-hybridized carbons (Fsp3) is 0.222. The Morgan fingerprint density at radius 1 is 1.15 bits per heavy atom. The number of benzene rings is 2. The highest BCUT2D eigenvalue weighted by Gasteiger charge is 2.23. The van der Waals surface area contributed by atoms with E-state index in [9.17, 15) is 19.7 Å². The molecule has 0 saturated carbocycles. The Hall–Kier alpha value is -3.42. The van der Waals surface area contributed by atoms with Crippen molar-refractivity contribution in [2.75, 3.05) is 14.2 Å². The Labute approximate surface area is 149 Å². The smallest absolute Gasteiger partial charge is 0.328 e. The number of nitro benzene ring substituents is 1. The lowest BCUT2D eigenvalue weighted by atomic mass is 10.0. The van der Waals surface area contributed by atoms with Crippen LogP contribution in [0.4, 0.5) is 5.69 Å². The molecule has 2 aromatic rings. The number of methoxy groups -OCH3 is 2. The number of non-ortho nitro benzene ring substituents is 1. The molecular weight excluding hydrogens is 340 g/mol. The van der Waals surface area contributed by atoms with Gasteiger partial charge in [0.1, 0.15) is 11.8 Å². The van der Waals surface area contributed by atoms with Crippen LogP contribution in [0.3, 0.4) is 0 Å². The fourth-order valence-electron chi connectivity index (χ4n) is 2.37. The van der Waals surface area contributed by atoms with Gasteiger partial charge in [-0.2, -0.15) is 0 Å². The number of esters is 1. The van der Waals surface area contributed by atoms with Crippen LogP contribution in [0.5, 0.6) is 5.75 Å². The van der Waals surface area contributed by atoms with Gasteiger partial charge in [-0.05, 0) is 23.8 Å². The van der Waals surface area contributed by atoms with Gasteiger partial charge in [-0.25, -0.2) is 4.79 Å². The van der Waals surface area contributed by atoms with Gasteiger partial charge in [0, 0.05) is 24.1 Å². The maximum atomic E-state index is 12.4. The van der Waals surface area contributed by atoms with Crippen LogP contribution in [0.2, 0.25) is 0 Å². The quantitative estimate of drug-likeness (QED) is 0.461. The van der Waals surface area contributed by atoms with Crippen LogP contribution in [0.15, 0.2) is 48.5 Å². The Kier molecular flexibility index (Phi) is 6.26. The van der Waals surface area contributed by atoms with Gasteiger partial charge in [0.25, 0.3) is 11.6 Å². The highest BCUT2D eigenvalue weighted by Crippen LogP contribution is 2.16. The largest absolute Gasteiger partial charge is 0.497 e. The molecule has 0 unspecified atom stereocenters. The summed E-state index contributed by atoms with van der Waals surface area (Å²) in [5, 5.41) is 13.4. The first kappa shape index (κ1) is 18.9. The van der Waals surface area contributed by atoms with E-state index < -0.39 is 22.8 Å². The second-order valence-electron chi connectivity index (χ2n) is 5.41. The number of carbonyl (C=O) groups excluding carboxylic acids is 2. The number of hydrogen-bond donors (Lipinski definition) is 1. The van der Waals surface area contributed by atoms with Crippen molar-refractivity contribution >= 4 is 17.6 Å². The lowest BCUT2D eigenvalue weighted by Crippen LogP contribution is -2.43. The molecule has 0 aromatic heterocycles. The maximum absolute atomic E-state index is 12.4. The molecule has 1 amide bonds. The number of hydrogen-bond acceptors (Lipinski definition) is 6. The van der Waals surface area contributed by atoms with E-state index in [2.05, 4.69) is 5.32 Å². The zero-order valence-electron chi connectivity index (χ0n) is 14.3. The summed E-state index contributed by atoms with van der Waals surface area (Å²) >= 11 is 0. The molecule has 0 saturated heterocycles. The molecule has 0 radical (unpaired) electrons. The van der Waals surface area contributed by atoms with Gasteiger partial charge in [0.05, 0.1) is 19.1 Å². The van der Waals surface area contributed by atoms with Crippen LogP contribution in [-0.4, -0.2) is 37.1 Å². The fourth-order valence-corrected chi connectivity index (χ4v) is 2.37. The van der Waals surface area contributed by atoms with Gasteiger partial charge in [0.15, 0.2) is 0 Å². The molecule has 0 heterocycles. The molecular formula is C18H18N2O6. The van der Waals surface area contributed by atoms with Gasteiger partial charge >= 0.3 is 5.97 Å². The molecule has 8 heteroatoms. The molecule has 2 aromatic carbocycles. The third-order valence-electron chi connectivity index (χ3n) is 3.68. The Morgan fingerprint density at radius 2 is 1.88 bits per heavy atom. The van der Waals surface area contributed by atoms with Crippen molar-refractivity contribution in [1.82, 2.24) is 5.32 Å². The average Bonchev–Trinajstić information content (AvgIpc) is 2.66. The van der Waals surface area contributed by atoms with Crippen LogP contribution in [0, 0.1) is 10.1 Å². The van der Waals surface area contributed by atoms with E-state index in [1.54, 1.807) is 24.3 Å². The molecule has 0 spiro atoms. The molecule has 8 nitrogen and oxygen atoms in total. The van der Waals surface area contributed by atoms with Gasteiger partial charge in [-0.1, -0.05) is 18.2 Å². The Morgan fingerprint density at radius 3 is 2.54 bits per heavy atom. The standard InChI is InChI=1S/C18H18N2O6/c1-25-15-8-3-5-12(9-15)10-16(18(22)26-2)19-17(21)13-6-4-7-14(11-13)20(23)24/h3-9,11,16H,10H2,1-2H3,(H,19,21)/t16-/m1/s1. The van der Waals surface area contributed by atoms with Crippen LogP contribution in [0.25, 0.3) is 0 Å². The topological polar surface area (TPSA) is 108 Å². The Balaban J connectivity index is 2.19. The van der Waals surface area contributed by atoms with Crippen LogP contribution >= 0.6 is 0 Å². The van der Waals surface area contributed by atoms with E-state index in [-0.39, 0.29) is 17.7 Å². The highest BCUT2D eigenvalue weighted by atomic mass is 16.6. The zero-order valence-corrected chi connectivity index (χ0v) is 14.3. The summed E-state index contributed by atoms with van der Waals surface area (Å²) in [6, 6.07) is 11.4. The van der Waals surface area contributed by atoms with Gasteiger partial charge < -0.3 is 14.8 Å². The minimum absolute atomic E-state index is 0.0822. The van der Waals surface area contributed by atoms with Crippen molar-refractivity contribution in [3.63, 3.8) is 0 Å². The monoisotopic (exact) mass is 358 g/mol. The van der Waals surface area contributed by atoms with E-state index in [1.165, 1.54) is 32.4 Å². The summed E-state index contributed by atoms with van der Waals surface area (Å²) in [5.41, 5.74) is 0.637. The highest BCUT2D eigenvalue weighted by molar-refractivity contribution is 5.97. The molecule has 0 fully saturated rings. The summed E-state index contributed by atoms with van der Waals surface area (Å²) in [6.07, 6.45) is 0.185. The minimum atomic E-state index is -0.945. The first-order chi connectivity index (χ1) is 12.4. The summed E-state index contributed by atoms with van der Waals surface area (Å²) in [4.78, 5) is 34.7. The normalized spacial score (nSPS) is 11.3. The molecule has 0 aliphatic heterocycles. The molecule has 0 bridgehead atoms. The van der Waals surface area contributed by atoms with Crippen LogP contribution in [-0.2, 0) is 16.0 Å². The van der Waals surface area contributed by atoms with Crippen molar-refractivity contribution in [2.24, 2.45) is 0 Å². The number of carbonyl (C=O) groups is 2. The number of nitro groups is 1. The van der Waals surface area contributed by atoms with Crippen LogP contribution in [0.1, 0.15) is 15.9 Å². The number of nitrogens with one attached hydrogen (secondary N) is 1. The molecule has 1 atom stereocenters. The summed E-state index contributed by atoms with van der Waals surface area (Å²) in [7, 11) is 2.75. The van der Waals surface area contributed by atoms with E-state index >= 15 is 0 Å². The third-order valence-corrected chi connectivity index (χ3v) is 3.68. The summed E-state index contributed by atoms with van der Waals surface area (Å²) < 4.78 is 9.89.